The first-order valence-electron chi connectivity index (χ1n) is 7.49. The molecule has 1 fully saturated rings. The van der Waals surface area contributed by atoms with Crippen molar-refractivity contribution in [3.8, 4) is 0 Å². The summed E-state index contributed by atoms with van der Waals surface area (Å²) in [5.41, 5.74) is 0.148. The standard InChI is InChI=1S/C11H7ClNO4.C4H9.CH2.Sn/c12-8-4-2-1-3-7(8)11(16)17-13-9(14)5-6-10(13)15;1-3-4-2;;/h1,3-4H,5-6H2;1,3-4H2,2H3;1H2;. The van der Waals surface area contributed by atoms with Gasteiger partial charge in [0.25, 0.3) is 0 Å². The van der Waals surface area contributed by atoms with Gasteiger partial charge in [-0.05, 0) is 0 Å². The van der Waals surface area contributed by atoms with E-state index in [4.69, 9.17) is 16.4 Å². The Balaban J connectivity index is 2.11. The summed E-state index contributed by atoms with van der Waals surface area (Å²) in [7, 11) is 0. The van der Waals surface area contributed by atoms with E-state index in [9.17, 15) is 14.4 Å². The molecule has 0 spiro atoms. The van der Waals surface area contributed by atoms with E-state index >= 15 is 0 Å². The van der Waals surface area contributed by atoms with Crippen LogP contribution in [0.1, 0.15) is 43.0 Å². The van der Waals surface area contributed by atoms with Crippen LogP contribution < -0.4 is 3.58 Å². The third kappa shape index (κ3) is 4.41. The van der Waals surface area contributed by atoms with Crippen LogP contribution in [0.2, 0.25) is 9.46 Å². The van der Waals surface area contributed by atoms with Crippen LogP contribution in [0.4, 0.5) is 0 Å². The Labute approximate surface area is 146 Å². The van der Waals surface area contributed by atoms with Crippen LogP contribution in [0.5, 0.6) is 0 Å². The molecule has 122 valence electrons. The SMILES string of the molecule is [CH2]=[Sn]([CH2]CCC)[c]1ccc(C(=O)ON2C(=O)CCC2=O)c(Cl)c1. The summed E-state index contributed by atoms with van der Waals surface area (Å²) >= 11 is 4.27. The number of rotatable bonds is 6. The third-order valence-electron chi connectivity index (χ3n) is 3.61. The second-order valence-corrected chi connectivity index (χ2v) is 12.3. The van der Waals surface area contributed by atoms with Gasteiger partial charge in [-0.15, -0.1) is 0 Å². The predicted molar refractivity (Wildman–Crippen MR) is 90.2 cm³/mol. The fourth-order valence-electron chi connectivity index (χ4n) is 2.23. The van der Waals surface area contributed by atoms with Gasteiger partial charge >= 0.3 is 147 Å². The van der Waals surface area contributed by atoms with Crippen molar-refractivity contribution < 1.29 is 19.2 Å². The van der Waals surface area contributed by atoms with E-state index in [0.29, 0.717) is 5.06 Å². The van der Waals surface area contributed by atoms with E-state index in [-0.39, 0.29) is 23.4 Å². The quantitative estimate of drug-likeness (QED) is 0.500. The molecule has 5 nitrogen and oxygen atoms in total. The van der Waals surface area contributed by atoms with E-state index < -0.39 is 37.1 Å². The normalized spacial score (nSPS) is 14.3. The van der Waals surface area contributed by atoms with Crippen molar-refractivity contribution in [2.45, 2.75) is 37.0 Å². The molecule has 23 heavy (non-hydrogen) atoms. The summed E-state index contributed by atoms with van der Waals surface area (Å²) in [6, 6.07) is 5.21. The van der Waals surface area contributed by atoms with Gasteiger partial charge in [0.05, 0.1) is 0 Å². The number of carbonyl (C=O) groups is 3. The summed E-state index contributed by atoms with van der Waals surface area (Å²) in [4.78, 5) is 39.9. The van der Waals surface area contributed by atoms with Crippen molar-refractivity contribution in [2.75, 3.05) is 0 Å². The Morgan fingerprint density at radius 3 is 2.57 bits per heavy atom. The molecule has 0 N–H and O–H groups in total. The molecular formula is C16H18ClNO4Sn. The van der Waals surface area contributed by atoms with Crippen molar-refractivity contribution in [1.82, 2.24) is 5.06 Å². The molecular weight excluding hydrogens is 424 g/mol. The van der Waals surface area contributed by atoms with Crippen LogP contribution in [0.25, 0.3) is 0 Å². The molecule has 1 aromatic rings. The van der Waals surface area contributed by atoms with Gasteiger partial charge in [-0.3, -0.25) is 0 Å². The molecule has 0 bridgehead atoms. The zero-order valence-electron chi connectivity index (χ0n) is 12.9. The van der Waals surface area contributed by atoms with Gasteiger partial charge in [0.15, 0.2) is 0 Å². The topological polar surface area (TPSA) is 63.7 Å². The number of amides is 2. The van der Waals surface area contributed by atoms with Gasteiger partial charge in [0, 0.05) is 0 Å². The molecule has 2 amide bonds. The first kappa shape index (κ1) is 18.1. The molecule has 1 aliphatic heterocycles. The summed E-state index contributed by atoms with van der Waals surface area (Å²) in [5.74, 6) is -1.82. The second kappa shape index (κ2) is 8.06. The number of imide groups is 1. The molecule has 2 rings (SSSR count). The number of benzene rings is 1. The van der Waals surface area contributed by atoms with Crippen LogP contribution in [-0.4, -0.2) is 46.7 Å². The maximum absolute atomic E-state index is 12.1. The van der Waals surface area contributed by atoms with Gasteiger partial charge in [-0.2, -0.15) is 0 Å². The Bertz CT molecular complexity index is 658. The molecule has 1 saturated heterocycles. The molecule has 0 radical (unpaired) electrons. The van der Waals surface area contributed by atoms with Gasteiger partial charge in [-0.1, -0.05) is 0 Å². The molecule has 1 heterocycles. The van der Waals surface area contributed by atoms with Gasteiger partial charge in [0.1, 0.15) is 0 Å². The number of halogens is 1. The van der Waals surface area contributed by atoms with Crippen molar-refractivity contribution >= 4 is 56.8 Å². The molecule has 0 aliphatic carbocycles. The van der Waals surface area contributed by atoms with E-state index in [2.05, 4.69) is 11.4 Å². The molecule has 0 aromatic heterocycles. The van der Waals surface area contributed by atoms with Crippen LogP contribution in [0.3, 0.4) is 0 Å². The van der Waals surface area contributed by atoms with Gasteiger partial charge in [0.2, 0.25) is 0 Å². The Kier molecular flexibility index (Phi) is 6.35. The van der Waals surface area contributed by atoms with E-state index in [1.54, 1.807) is 12.1 Å². The minimum absolute atomic E-state index is 0.0628. The zero-order chi connectivity index (χ0) is 17.0. The Hall–Kier alpha value is -1.21. The van der Waals surface area contributed by atoms with Gasteiger partial charge in [-0.25, -0.2) is 0 Å². The first-order valence-corrected chi connectivity index (χ1v) is 13.3. The van der Waals surface area contributed by atoms with Crippen molar-refractivity contribution in [1.29, 1.82) is 0 Å². The average Bonchev–Trinajstić information content (AvgIpc) is 2.84. The summed E-state index contributed by atoms with van der Waals surface area (Å²) in [6.45, 7) is 2.14. The van der Waals surface area contributed by atoms with Crippen LogP contribution in [0.15, 0.2) is 18.2 Å². The number of nitrogens with zero attached hydrogens (tertiary/aromatic N) is 1. The van der Waals surface area contributed by atoms with Crippen LogP contribution >= 0.6 is 11.6 Å². The Morgan fingerprint density at radius 2 is 2.00 bits per heavy atom. The van der Waals surface area contributed by atoms with Crippen molar-refractivity contribution in [2.24, 2.45) is 0 Å². The van der Waals surface area contributed by atoms with E-state index in [0.717, 1.165) is 20.9 Å². The second-order valence-electron chi connectivity index (χ2n) is 5.36. The van der Waals surface area contributed by atoms with E-state index in [1.807, 2.05) is 6.07 Å². The number of hydrogen-bond acceptors (Lipinski definition) is 4. The van der Waals surface area contributed by atoms with Crippen LogP contribution in [0, 0.1) is 0 Å². The maximum atomic E-state index is 12.1. The summed E-state index contributed by atoms with van der Waals surface area (Å²) in [5, 5.41) is 0.793. The fraction of sp³-hybridized carbons (Fsp3) is 0.375. The predicted octanol–water partition coefficient (Wildman–Crippen LogP) is 2.08. The van der Waals surface area contributed by atoms with Crippen molar-refractivity contribution in [3.63, 3.8) is 0 Å². The molecule has 0 atom stereocenters. The molecule has 1 aliphatic rings. The van der Waals surface area contributed by atoms with Crippen LogP contribution in [-0.2, 0) is 14.4 Å². The molecule has 7 heteroatoms. The first-order chi connectivity index (χ1) is 10.9. The number of hydrogen-bond donors (Lipinski definition) is 0. The summed E-state index contributed by atoms with van der Waals surface area (Å²) < 4.78 is 6.56. The molecule has 1 aromatic carbocycles. The molecule has 0 saturated carbocycles. The zero-order valence-corrected chi connectivity index (χ0v) is 16.5. The number of hydroxylamine groups is 2. The fourth-order valence-corrected chi connectivity index (χ4v) is 7.70. The molecule has 0 unspecified atom stereocenters. The minimum atomic E-state index is -1.90. The monoisotopic (exact) mass is 443 g/mol. The van der Waals surface area contributed by atoms with E-state index in [1.165, 1.54) is 0 Å². The number of carbonyl (C=O) groups excluding carboxylic acids is 3. The third-order valence-corrected chi connectivity index (χ3v) is 9.87. The average molecular weight is 442 g/mol. The number of unbranched alkanes of at least 4 members (excludes halogenated alkanes) is 1. The summed E-state index contributed by atoms with van der Waals surface area (Å²) in [6.07, 6.45) is 2.41. The van der Waals surface area contributed by atoms with Gasteiger partial charge < -0.3 is 0 Å². The Morgan fingerprint density at radius 1 is 1.35 bits per heavy atom. The van der Waals surface area contributed by atoms with Crippen molar-refractivity contribution in [3.05, 3.63) is 28.8 Å².